The standard InChI is InChI=1S/C21H16N2O2/c1-12-17(11-22)18(13-7-9-14(25-2)10-8-13)19-20(23-12)15-5-3-4-6-16(15)21(19)24/h3-10,18,23H,1-2H3/t18-/m0/s1. The van der Waals surface area contributed by atoms with Crippen LogP contribution >= 0.6 is 0 Å². The van der Waals surface area contributed by atoms with Gasteiger partial charge in [-0.05, 0) is 24.6 Å². The van der Waals surface area contributed by atoms with Gasteiger partial charge in [0.2, 0.25) is 0 Å². The van der Waals surface area contributed by atoms with Crippen LogP contribution in [0.15, 0.2) is 65.4 Å². The van der Waals surface area contributed by atoms with Crippen molar-refractivity contribution in [2.24, 2.45) is 0 Å². The van der Waals surface area contributed by atoms with Crippen LogP contribution in [0, 0.1) is 11.3 Å². The molecule has 0 aromatic heterocycles. The van der Waals surface area contributed by atoms with Gasteiger partial charge in [-0.3, -0.25) is 4.79 Å². The van der Waals surface area contributed by atoms with Crippen LogP contribution in [0.25, 0.3) is 5.70 Å². The van der Waals surface area contributed by atoms with Gasteiger partial charge in [-0.15, -0.1) is 0 Å². The lowest BCUT2D eigenvalue weighted by Gasteiger charge is -2.27. The minimum absolute atomic E-state index is 0.0147. The van der Waals surface area contributed by atoms with Crippen molar-refractivity contribution in [3.63, 3.8) is 0 Å². The maximum Gasteiger partial charge on any atom is 0.192 e. The quantitative estimate of drug-likeness (QED) is 0.911. The molecule has 1 heterocycles. The normalized spacial score (nSPS) is 18.4. The Kier molecular flexibility index (Phi) is 3.43. The zero-order chi connectivity index (χ0) is 17.6. The third-order valence-electron chi connectivity index (χ3n) is 4.82. The monoisotopic (exact) mass is 328 g/mol. The third kappa shape index (κ3) is 2.17. The van der Waals surface area contributed by atoms with Crippen molar-refractivity contribution in [2.75, 3.05) is 7.11 Å². The van der Waals surface area contributed by atoms with Crippen LogP contribution in [0.1, 0.15) is 34.3 Å². The van der Waals surface area contributed by atoms with E-state index in [9.17, 15) is 10.1 Å². The highest BCUT2D eigenvalue weighted by Crippen LogP contribution is 2.46. The molecule has 1 atom stereocenters. The maximum absolute atomic E-state index is 13.1. The smallest absolute Gasteiger partial charge is 0.192 e. The highest BCUT2D eigenvalue weighted by molar-refractivity contribution is 6.22. The largest absolute Gasteiger partial charge is 0.497 e. The van der Waals surface area contributed by atoms with Crippen molar-refractivity contribution in [2.45, 2.75) is 12.8 Å². The lowest BCUT2D eigenvalue weighted by Crippen LogP contribution is -2.24. The number of nitrogens with one attached hydrogen (secondary N) is 1. The molecule has 0 spiro atoms. The number of carbonyl (C=O) groups excluding carboxylic acids is 1. The minimum atomic E-state index is -0.368. The molecule has 0 bridgehead atoms. The third-order valence-corrected chi connectivity index (χ3v) is 4.82. The zero-order valence-corrected chi connectivity index (χ0v) is 14.0. The summed E-state index contributed by atoms with van der Waals surface area (Å²) < 4.78 is 5.22. The molecule has 1 aliphatic carbocycles. The Morgan fingerprint density at radius 3 is 2.40 bits per heavy atom. The van der Waals surface area contributed by atoms with E-state index in [1.807, 2.05) is 55.5 Å². The van der Waals surface area contributed by atoms with Crippen molar-refractivity contribution in [1.29, 1.82) is 5.26 Å². The number of Topliss-reactive ketones (excluding diaryl/α,β-unsaturated/α-hetero) is 1. The first-order valence-electron chi connectivity index (χ1n) is 8.05. The summed E-state index contributed by atoms with van der Waals surface area (Å²) in [6.07, 6.45) is 0. The molecular weight excluding hydrogens is 312 g/mol. The van der Waals surface area contributed by atoms with E-state index >= 15 is 0 Å². The average Bonchev–Trinajstić information content (AvgIpc) is 2.93. The van der Waals surface area contributed by atoms with Gasteiger partial charge in [0.1, 0.15) is 5.75 Å². The number of benzene rings is 2. The number of ether oxygens (including phenoxy) is 1. The second kappa shape index (κ2) is 5.64. The van der Waals surface area contributed by atoms with Gasteiger partial charge in [0, 0.05) is 22.4 Å². The Bertz CT molecular complexity index is 991. The van der Waals surface area contributed by atoms with E-state index < -0.39 is 0 Å². The van der Waals surface area contributed by atoms with Crippen LogP contribution in [0.2, 0.25) is 0 Å². The molecule has 4 heteroatoms. The summed E-state index contributed by atoms with van der Waals surface area (Å²) in [6.45, 7) is 1.88. The fourth-order valence-electron chi connectivity index (χ4n) is 3.61. The fourth-order valence-corrected chi connectivity index (χ4v) is 3.61. The zero-order valence-electron chi connectivity index (χ0n) is 14.0. The van der Waals surface area contributed by atoms with E-state index in [0.29, 0.717) is 16.7 Å². The topological polar surface area (TPSA) is 62.1 Å². The molecule has 4 rings (SSSR count). The molecule has 0 radical (unpaired) electrons. The molecule has 0 saturated heterocycles. The Hall–Kier alpha value is -3.32. The van der Waals surface area contributed by atoms with E-state index in [2.05, 4.69) is 11.4 Å². The van der Waals surface area contributed by atoms with Gasteiger partial charge in [0.05, 0.1) is 30.4 Å². The van der Waals surface area contributed by atoms with E-state index in [-0.39, 0.29) is 11.7 Å². The SMILES string of the molecule is COc1ccc([C@H]2C(C#N)=C(C)NC3=C2C(=O)c2ccccc23)cc1. The van der Waals surface area contributed by atoms with Gasteiger partial charge in [0.15, 0.2) is 5.78 Å². The summed E-state index contributed by atoms with van der Waals surface area (Å²) in [6, 6.07) is 17.4. The molecule has 2 aromatic rings. The molecule has 25 heavy (non-hydrogen) atoms. The molecule has 122 valence electrons. The van der Waals surface area contributed by atoms with Crippen LogP contribution in [-0.2, 0) is 0 Å². The number of fused-ring (bicyclic) bond motifs is 2. The van der Waals surface area contributed by atoms with Gasteiger partial charge >= 0.3 is 0 Å². The van der Waals surface area contributed by atoms with Crippen molar-refractivity contribution >= 4 is 11.5 Å². The van der Waals surface area contributed by atoms with Gasteiger partial charge in [-0.2, -0.15) is 5.26 Å². The van der Waals surface area contributed by atoms with Crippen LogP contribution in [0.3, 0.4) is 0 Å². The Balaban J connectivity index is 1.92. The number of nitrogens with zero attached hydrogens (tertiary/aromatic N) is 1. The molecule has 0 amide bonds. The van der Waals surface area contributed by atoms with Gasteiger partial charge in [-0.1, -0.05) is 36.4 Å². The molecule has 2 aliphatic rings. The van der Waals surface area contributed by atoms with Gasteiger partial charge in [0.25, 0.3) is 0 Å². The molecule has 0 fully saturated rings. The number of carbonyl (C=O) groups is 1. The molecular formula is C21H16N2O2. The number of ketones is 1. The van der Waals surface area contributed by atoms with Crippen molar-refractivity contribution < 1.29 is 9.53 Å². The number of hydrogen-bond donors (Lipinski definition) is 1. The van der Waals surface area contributed by atoms with Gasteiger partial charge < -0.3 is 10.1 Å². The average molecular weight is 328 g/mol. The second-order valence-electron chi connectivity index (χ2n) is 6.15. The number of allylic oxidation sites excluding steroid dienone is 3. The van der Waals surface area contributed by atoms with Crippen LogP contribution in [0.5, 0.6) is 5.75 Å². The lowest BCUT2D eigenvalue weighted by molar-refractivity contribution is 0.103. The summed E-state index contributed by atoms with van der Waals surface area (Å²) in [7, 11) is 1.61. The van der Waals surface area contributed by atoms with Gasteiger partial charge in [-0.25, -0.2) is 0 Å². The predicted octanol–water partition coefficient (Wildman–Crippen LogP) is 3.79. The summed E-state index contributed by atoms with van der Waals surface area (Å²) in [5.41, 5.74) is 5.32. The van der Waals surface area contributed by atoms with Crippen LogP contribution < -0.4 is 10.1 Å². The molecule has 1 N–H and O–H groups in total. The first-order chi connectivity index (χ1) is 12.2. The van der Waals surface area contributed by atoms with E-state index in [0.717, 1.165) is 28.3 Å². The van der Waals surface area contributed by atoms with Crippen molar-refractivity contribution in [3.8, 4) is 11.8 Å². The number of hydrogen-bond acceptors (Lipinski definition) is 4. The Morgan fingerprint density at radius 2 is 1.76 bits per heavy atom. The molecule has 0 unspecified atom stereocenters. The number of rotatable bonds is 2. The summed E-state index contributed by atoms with van der Waals surface area (Å²) in [5, 5.41) is 13.0. The molecule has 1 aliphatic heterocycles. The minimum Gasteiger partial charge on any atom is -0.497 e. The van der Waals surface area contributed by atoms with E-state index in [1.54, 1.807) is 7.11 Å². The summed E-state index contributed by atoms with van der Waals surface area (Å²) in [5.74, 6) is 0.360. The van der Waals surface area contributed by atoms with Crippen LogP contribution in [0.4, 0.5) is 0 Å². The number of methoxy groups -OCH3 is 1. The molecule has 2 aromatic carbocycles. The van der Waals surface area contributed by atoms with Crippen LogP contribution in [-0.4, -0.2) is 12.9 Å². The highest BCUT2D eigenvalue weighted by Gasteiger charge is 2.40. The maximum atomic E-state index is 13.1. The first-order valence-corrected chi connectivity index (χ1v) is 8.05. The fraction of sp³-hybridized carbons (Fsp3) is 0.143. The number of dihydropyridines is 1. The van der Waals surface area contributed by atoms with E-state index in [1.165, 1.54) is 0 Å². The molecule has 4 nitrogen and oxygen atoms in total. The first kappa shape index (κ1) is 15.2. The lowest BCUT2D eigenvalue weighted by atomic mass is 9.80. The van der Waals surface area contributed by atoms with Crippen molar-refractivity contribution in [1.82, 2.24) is 5.32 Å². The Morgan fingerprint density at radius 1 is 1.08 bits per heavy atom. The summed E-state index contributed by atoms with van der Waals surface area (Å²) >= 11 is 0. The molecule has 0 saturated carbocycles. The highest BCUT2D eigenvalue weighted by atomic mass is 16.5. The Labute approximate surface area is 146 Å². The van der Waals surface area contributed by atoms with E-state index in [4.69, 9.17) is 4.74 Å². The van der Waals surface area contributed by atoms with Crippen molar-refractivity contribution in [3.05, 3.63) is 82.1 Å². The number of nitriles is 1. The predicted molar refractivity (Wildman–Crippen MR) is 94.9 cm³/mol. The second-order valence-corrected chi connectivity index (χ2v) is 6.15. The summed E-state index contributed by atoms with van der Waals surface area (Å²) in [4.78, 5) is 13.1.